The van der Waals surface area contributed by atoms with Gasteiger partial charge in [-0.3, -0.25) is 19.8 Å². The summed E-state index contributed by atoms with van der Waals surface area (Å²) in [7, 11) is 1.39. The zero-order valence-corrected chi connectivity index (χ0v) is 16.0. The number of urea groups is 1. The van der Waals surface area contributed by atoms with Crippen molar-refractivity contribution >= 4 is 29.9 Å². The van der Waals surface area contributed by atoms with Crippen molar-refractivity contribution in [1.29, 1.82) is 0 Å². The van der Waals surface area contributed by atoms with E-state index >= 15 is 0 Å². The predicted molar refractivity (Wildman–Crippen MR) is 101 cm³/mol. The quantitative estimate of drug-likeness (QED) is 0.551. The van der Waals surface area contributed by atoms with Crippen LogP contribution in [0.1, 0.15) is 37.7 Å². The van der Waals surface area contributed by atoms with Crippen LogP contribution < -0.4 is 14.8 Å². The van der Waals surface area contributed by atoms with E-state index in [2.05, 4.69) is 5.32 Å². The summed E-state index contributed by atoms with van der Waals surface area (Å²) in [5.74, 6) is -2.02. The highest BCUT2D eigenvalue weighted by Gasteiger charge is 2.40. The van der Waals surface area contributed by atoms with E-state index in [1.807, 2.05) is 0 Å². The van der Waals surface area contributed by atoms with Crippen LogP contribution in [-0.2, 0) is 14.4 Å². The fourth-order valence-electron chi connectivity index (χ4n) is 3.54. The molecular formula is C20H22N2O7. The molecule has 4 amide bonds. The van der Waals surface area contributed by atoms with Gasteiger partial charge in [0.25, 0.3) is 11.8 Å². The standard InChI is InChI=1S/C20H22N2O7/c1-28-16-10-12(7-8-15(16)29-11-17(23)24)9-14-18(25)21-20(27)22(19(14)26)13-5-3-2-4-6-13/h7-10,13H,2-6,11H2,1H3,(H,23,24)(H,21,25,27). The summed E-state index contributed by atoms with van der Waals surface area (Å²) in [5.41, 5.74) is 0.331. The molecule has 9 heteroatoms. The number of nitrogens with one attached hydrogen (secondary N) is 1. The molecule has 0 unspecified atom stereocenters. The van der Waals surface area contributed by atoms with Crippen molar-refractivity contribution in [2.24, 2.45) is 0 Å². The highest BCUT2D eigenvalue weighted by molar-refractivity contribution is 6.31. The summed E-state index contributed by atoms with van der Waals surface area (Å²) in [6, 6.07) is 3.68. The maximum Gasteiger partial charge on any atom is 0.341 e. The summed E-state index contributed by atoms with van der Waals surface area (Å²) >= 11 is 0. The molecule has 3 rings (SSSR count). The minimum absolute atomic E-state index is 0.142. The Bertz CT molecular complexity index is 872. The maximum atomic E-state index is 12.9. The highest BCUT2D eigenvalue weighted by Crippen LogP contribution is 2.30. The second-order valence-corrected chi connectivity index (χ2v) is 6.88. The molecule has 154 valence electrons. The molecule has 1 saturated heterocycles. The van der Waals surface area contributed by atoms with Crippen LogP contribution in [0.3, 0.4) is 0 Å². The third-order valence-electron chi connectivity index (χ3n) is 4.92. The van der Waals surface area contributed by atoms with Gasteiger partial charge in [0.15, 0.2) is 18.1 Å². The molecule has 2 aliphatic rings. The molecule has 1 aromatic carbocycles. The number of carboxylic acid groups (broad SMARTS) is 1. The van der Waals surface area contributed by atoms with Gasteiger partial charge in [0, 0.05) is 6.04 Å². The Morgan fingerprint density at radius 3 is 2.59 bits per heavy atom. The maximum absolute atomic E-state index is 12.9. The minimum atomic E-state index is -1.13. The van der Waals surface area contributed by atoms with Crippen molar-refractivity contribution in [2.75, 3.05) is 13.7 Å². The lowest BCUT2D eigenvalue weighted by Crippen LogP contribution is -2.58. The molecule has 9 nitrogen and oxygen atoms in total. The van der Waals surface area contributed by atoms with Crippen molar-refractivity contribution < 1.29 is 33.8 Å². The third-order valence-corrected chi connectivity index (χ3v) is 4.92. The topological polar surface area (TPSA) is 122 Å². The summed E-state index contributed by atoms with van der Waals surface area (Å²) in [6.45, 7) is -0.532. The van der Waals surface area contributed by atoms with E-state index in [0.29, 0.717) is 5.56 Å². The van der Waals surface area contributed by atoms with E-state index in [9.17, 15) is 19.2 Å². The first-order valence-electron chi connectivity index (χ1n) is 9.34. The average Bonchev–Trinajstić information content (AvgIpc) is 2.70. The Morgan fingerprint density at radius 2 is 1.93 bits per heavy atom. The minimum Gasteiger partial charge on any atom is -0.493 e. The average molecular weight is 402 g/mol. The molecule has 1 heterocycles. The van der Waals surface area contributed by atoms with Gasteiger partial charge in [0.05, 0.1) is 7.11 Å². The fraction of sp³-hybridized carbons (Fsp3) is 0.400. The molecule has 1 aliphatic heterocycles. The molecule has 2 fully saturated rings. The molecule has 29 heavy (non-hydrogen) atoms. The Kier molecular flexibility index (Phi) is 6.16. The summed E-state index contributed by atoms with van der Waals surface area (Å²) in [6.07, 6.45) is 5.77. The SMILES string of the molecule is COc1cc(C=C2C(=O)NC(=O)N(C3CCCCC3)C2=O)ccc1OCC(=O)O. The number of methoxy groups -OCH3 is 1. The van der Waals surface area contributed by atoms with Crippen LogP contribution in [0, 0.1) is 0 Å². The number of aliphatic carboxylic acids is 1. The Morgan fingerprint density at radius 1 is 1.21 bits per heavy atom. The van der Waals surface area contributed by atoms with Gasteiger partial charge in [-0.15, -0.1) is 0 Å². The van der Waals surface area contributed by atoms with E-state index in [1.165, 1.54) is 25.3 Å². The first-order valence-corrected chi connectivity index (χ1v) is 9.34. The van der Waals surface area contributed by atoms with Gasteiger partial charge in [0.1, 0.15) is 5.57 Å². The first-order chi connectivity index (χ1) is 13.9. The number of ether oxygens (including phenoxy) is 2. The number of imide groups is 2. The lowest BCUT2D eigenvalue weighted by atomic mass is 9.93. The number of rotatable bonds is 6. The molecule has 0 atom stereocenters. The first kappa shape index (κ1) is 20.4. The van der Waals surface area contributed by atoms with Crippen molar-refractivity contribution in [3.8, 4) is 11.5 Å². The molecule has 1 aliphatic carbocycles. The number of barbiturate groups is 1. The third kappa shape index (κ3) is 4.56. The van der Waals surface area contributed by atoms with Gasteiger partial charge >= 0.3 is 12.0 Å². The zero-order valence-electron chi connectivity index (χ0n) is 16.0. The van der Waals surface area contributed by atoms with Crippen LogP contribution in [0.15, 0.2) is 23.8 Å². The van der Waals surface area contributed by atoms with Gasteiger partial charge in [-0.2, -0.15) is 0 Å². The summed E-state index contributed by atoms with van der Waals surface area (Å²) < 4.78 is 10.3. The molecule has 1 saturated carbocycles. The molecule has 0 bridgehead atoms. The second kappa shape index (κ2) is 8.76. The summed E-state index contributed by atoms with van der Waals surface area (Å²) in [4.78, 5) is 49.2. The Labute approximate surface area is 167 Å². The molecule has 2 N–H and O–H groups in total. The highest BCUT2D eigenvalue weighted by atomic mass is 16.5. The lowest BCUT2D eigenvalue weighted by molar-refractivity contribution is -0.139. The number of hydrogen-bond acceptors (Lipinski definition) is 6. The number of amides is 4. The van der Waals surface area contributed by atoms with Gasteiger partial charge < -0.3 is 14.6 Å². The zero-order chi connectivity index (χ0) is 21.0. The van der Waals surface area contributed by atoms with Gasteiger partial charge in [-0.25, -0.2) is 9.59 Å². The van der Waals surface area contributed by atoms with Crippen molar-refractivity contribution in [3.63, 3.8) is 0 Å². The van der Waals surface area contributed by atoms with Crippen molar-refractivity contribution in [1.82, 2.24) is 10.2 Å². The molecule has 0 spiro atoms. The fourth-order valence-corrected chi connectivity index (χ4v) is 3.54. The van der Waals surface area contributed by atoms with E-state index in [4.69, 9.17) is 14.6 Å². The van der Waals surface area contributed by atoms with Crippen LogP contribution >= 0.6 is 0 Å². The predicted octanol–water partition coefficient (Wildman–Crippen LogP) is 1.95. The molecule has 1 aromatic rings. The Hall–Kier alpha value is -3.36. The largest absolute Gasteiger partial charge is 0.493 e. The van der Waals surface area contributed by atoms with E-state index < -0.39 is 30.4 Å². The summed E-state index contributed by atoms with van der Waals surface area (Å²) in [5, 5.41) is 11.0. The molecular weight excluding hydrogens is 380 g/mol. The van der Waals surface area contributed by atoms with Gasteiger partial charge in [-0.1, -0.05) is 25.3 Å². The number of carboxylic acids is 1. The normalized spacial score (nSPS) is 19.3. The lowest BCUT2D eigenvalue weighted by Gasteiger charge is -2.35. The number of nitrogens with zero attached hydrogens (tertiary/aromatic N) is 1. The number of carbonyl (C=O) groups is 4. The monoisotopic (exact) mass is 402 g/mol. The number of benzene rings is 1. The van der Waals surface area contributed by atoms with E-state index in [-0.39, 0.29) is 23.1 Å². The van der Waals surface area contributed by atoms with Gasteiger partial charge in [-0.05, 0) is 36.6 Å². The smallest absolute Gasteiger partial charge is 0.341 e. The second-order valence-electron chi connectivity index (χ2n) is 6.88. The van der Waals surface area contributed by atoms with Crippen LogP contribution in [0.5, 0.6) is 11.5 Å². The van der Waals surface area contributed by atoms with Crippen LogP contribution in [-0.4, -0.2) is 53.6 Å². The van der Waals surface area contributed by atoms with Crippen molar-refractivity contribution in [2.45, 2.75) is 38.1 Å². The van der Waals surface area contributed by atoms with Crippen molar-refractivity contribution in [3.05, 3.63) is 29.3 Å². The molecule has 0 aromatic heterocycles. The molecule has 0 radical (unpaired) electrons. The van der Waals surface area contributed by atoms with E-state index in [0.717, 1.165) is 37.0 Å². The Balaban J connectivity index is 1.87. The van der Waals surface area contributed by atoms with E-state index in [1.54, 1.807) is 6.07 Å². The number of hydrogen-bond donors (Lipinski definition) is 2. The van der Waals surface area contributed by atoms with Gasteiger partial charge in [0.2, 0.25) is 0 Å². The van der Waals surface area contributed by atoms with Crippen LogP contribution in [0.4, 0.5) is 4.79 Å². The van der Waals surface area contributed by atoms with Crippen LogP contribution in [0.25, 0.3) is 6.08 Å². The number of carbonyl (C=O) groups excluding carboxylic acids is 3. The van der Waals surface area contributed by atoms with Crippen LogP contribution in [0.2, 0.25) is 0 Å².